The van der Waals surface area contributed by atoms with Crippen LogP contribution in [0.5, 0.6) is 5.75 Å². The molecule has 0 aliphatic rings. The Morgan fingerprint density at radius 2 is 1.17 bits per heavy atom. The van der Waals surface area contributed by atoms with Gasteiger partial charge in [-0.15, -0.1) is 0 Å². The van der Waals surface area contributed by atoms with Gasteiger partial charge in [-0.05, 0) is 30.7 Å². The number of esters is 1. The van der Waals surface area contributed by atoms with Gasteiger partial charge in [-0.25, -0.2) is 13.2 Å². The van der Waals surface area contributed by atoms with E-state index in [1.54, 1.807) is 0 Å². The van der Waals surface area contributed by atoms with E-state index in [-0.39, 0.29) is 41.7 Å². The van der Waals surface area contributed by atoms with Gasteiger partial charge in [0.2, 0.25) is 0 Å². The van der Waals surface area contributed by atoms with Crippen LogP contribution in [0.1, 0.15) is 120 Å². The molecule has 0 aliphatic heterocycles. The first-order chi connectivity index (χ1) is 16.7. The summed E-state index contributed by atoms with van der Waals surface area (Å²) >= 11 is 0. The topological polar surface area (TPSA) is 130 Å². The fourth-order valence-electron chi connectivity index (χ4n) is 3.51. The van der Waals surface area contributed by atoms with E-state index in [1.165, 1.54) is 102 Å². The molecule has 0 bridgehead atoms. The summed E-state index contributed by atoms with van der Waals surface area (Å²) in [5, 5.41) is 8.86. The van der Waals surface area contributed by atoms with E-state index in [0.29, 0.717) is 12.0 Å². The average Bonchev–Trinajstić information content (AvgIpc) is 2.81. The molecule has 36 heavy (non-hydrogen) atoms. The molecule has 8 nitrogen and oxygen atoms in total. The second kappa shape index (κ2) is 24.2. The molecule has 0 amide bonds. The van der Waals surface area contributed by atoms with Crippen molar-refractivity contribution in [3.63, 3.8) is 0 Å². The Morgan fingerprint density at radius 3 is 1.53 bits per heavy atom. The summed E-state index contributed by atoms with van der Waals surface area (Å²) in [7, 11) is -3.58. The zero-order valence-electron chi connectivity index (χ0n) is 22.3. The molecule has 1 N–H and O–H groups in total. The predicted octanol–water partition coefficient (Wildman–Crippen LogP) is 3.43. The molecular formula is C26H43NaO8S. The third-order valence-corrected chi connectivity index (χ3v) is 5.86. The maximum Gasteiger partial charge on any atom is 1.00 e. The SMILES string of the molecule is CCCCCCCCCCCCCCCCCC(=O)OS(=O)(=O)[O-].COC(=O)c1ccc(O)cc1.[Na+]. The molecule has 0 saturated heterocycles. The molecule has 0 fully saturated rings. The number of ether oxygens (including phenoxy) is 1. The number of carbonyl (C=O) groups is 2. The quantitative estimate of drug-likeness (QED) is 0.0989. The molecule has 0 unspecified atom stereocenters. The number of aromatic hydroxyl groups is 1. The van der Waals surface area contributed by atoms with Crippen molar-refractivity contribution in [3.8, 4) is 5.75 Å². The Bertz CT molecular complexity index is 782. The summed E-state index contributed by atoms with van der Waals surface area (Å²) in [5.74, 6) is -1.21. The number of phenolic OH excluding ortho intramolecular Hbond substituents is 1. The zero-order valence-corrected chi connectivity index (χ0v) is 25.2. The van der Waals surface area contributed by atoms with E-state index in [1.807, 2.05) is 0 Å². The van der Waals surface area contributed by atoms with E-state index in [9.17, 15) is 22.6 Å². The second-order valence-corrected chi connectivity index (χ2v) is 9.58. The molecule has 0 atom stereocenters. The number of phenols is 1. The van der Waals surface area contributed by atoms with Crippen LogP contribution in [-0.4, -0.2) is 37.1 Å². The Labute approximate surface area is 239 Å². The summed E-state index contributed by atoms with van der Waals surface area (Å²) in [6.45, 7) is 2.25. The van der Waals surface area contributed by atoms with Gasteiger partial charge in [0.1, 0.15) is 5.75 Å². The summed E-state index contributed by atoms with van der Waals surface area (Å²) < 4.78 is 38.8. The van der Waals surface area contributed by atoms with Crippen LogP contribution in [0.2, 0.25) is 0 Å². The Balaban J connectivity index is 0. The van der Waals surface area contributed by atoms with E-state index >= 15 is 0 Å². The van der Waals surface area contributed by atoms with Gasteiger partial charge in [-0.2, -0.15) is 0 Å². The van der Waals surface area contributed by atoms with Crippen molar-refractivity contribution in [2.45, 2.75) is 110 Å². The van der Waals surface area contributed by atoms with Crippen molar-refractivity contribution in [2.24, 2.45) is 0 Å². The standard InChI is InChI=1S/C18H36O5S.C8H8O3.Na/c1-2-3-4-5-6-7-8-9-10-11-12-13-14-15-16-17-18(19)23-24(20,21)22;1-11-8(10)6-2-4-7(9)5-3-6;/h2-17H2,1H3,(H,20,21,22);2-5,9H,1H3;/q;;+1/p-1. The first-order valence-electron chi connectivity index (χ1n) is 12.7. The van der Waals surface area contributed by atoms with Crippen molar-refractivity contribution < 1.29 is 66.1 Å². The molecule has 0 aromatic heterocycles. The molecule has 1 aromatic rings. The van der Waals surface area contributed by atoms with Gasteiger partial charge < -0.3 is 18.6 Å². The zero-order chi connectivity index (χ0) is 26.4. The fourth-order valence-corrected chi connectivity index (χ4v) is 3.82. The minimum Gasteiger partial charge on any atom is -0.716 e. The van der Waals surface area contributed by atoms with Crippen molar-refractivity contribution in [2.75, 3.05) is 7.11 Å². The van der Waals surface area contributed by atoms with Crippen LogP contribution in [0.4, 0.5) is 0 Å². The normalized spacial score (nSPS) is 10.5. The number of carbonyl (C=O) groups excluding carboxylic acids is 2. The fraction of sp³-hybridized carbons (Fsp3) is 0.692. The Kier molecular flexibility index (Phi) is 24.9. The molecule has 1 rings (SSSR count). The van der Waals surface area contributed by atoms with Crippen LogP contribution in [0, 0.1) is 0 Å². The number of benzene rings is 1. The van der Waals surface area contributed by atoms with Crippen molar-refractivity contribution in [3.05, 3.63) is 29.8 Å². The first-order valence-corrected chi connectivity index (χ1v) is 14.1. The number of rotatable bonds is 18. The summed E-state index contributed by atoms with van der Waals surface area (Å²) in [4.78, 5) is 21.8. The number of unbranched alkanes of at least 4 members (excludes halogenated alkanes) is 14. The molecule has 1 aromatic carbocycles. The van der Waals surface area contributed by atoms with Gasteiger partial charge in [-0.3, -0.25) is 4.79 Å². The van der Waals surface area contributed by atoms with Crippen LogP contribution < -0.4 is 29.6 Å². The van der Waals surface area contributed by atoms with Gasteiger partial charge >= 0.3 is 41.5 Å². The summed E-state index contributed by atoms with van der Waals surface area (Å²) in [5.41, 5.74) is 0.435. The van der Waals surface area contributed by atoms with Gasteiger partial charge in [0.15, 0.2) is 0 Å². The van der Waals surface area contributed by atoms with Crippen LogP contribution in [-0.2, 0) is 24.1 Å². The smallest absolute Gasteiger partial charge is 0.716 e. The largest absolute Gasteiger partial charge is 1.00 e. The molecule has 0 heterocycles. The molecule has 10 heteroatoms. The monoisotopic (exact) mass is 538 g/mol. The molecule has 0 spiro atoms. The maximum atomic E-state index is 11.0. The molecule has 0 radical (unpaired) electrons. The van der Waals surface area contributed by atoms with Gasteiger partial charge in [0, 0.05) is 6.42 Å². The predicted molar refractivity (Wildman–Crippen MR) is 135 cm³/mol. The van der Waals surface area contributed by atoms with Crippen LogP contribution in [0.15, 0.2) is 24.3 Å². The van der Waals surface area contributed by atoms with Crippen LogP contribution in [0.3, 0.4) is 0 Å². The maximum absolute atomic E-state index is 11.0. The Hall–Kier alpha value is -1.13. The van der Waals surface area contributed by atoms with Gasteiger partial charge in [0.05, 0.1) is 12.7 Å². The Morgan fingerprint density at radius 1 is 0.778 bits per heavy atom. The molecule has 0 saturated carbocycles. The van der Waals surface area contributed by atoms with E-state index in [0.717, 1.165) is 19.3 Å². The van der Waals surface area contributed by atoms with Crippen molar-refractivity contribution in [1.82, 2.24) is 0 Å². The van der Waals surface area contributed by atoms with E-state index in [2.05, 4.69) is 15.8 Å². The average molecular weight is 539 g/mol. The number of methoxy groups -OCH3 is 1. The number of hydrogen-bond donors (Lipinski definition) is 1. The molecule has 0 aliphatic carbocycles. The minimum atomic E-state index is -4.89. The summed E-state index contributed by atoms with van der Waals surface area (Å²) in [6, 6.07) is 5.88. The van der Waals surface area contributed by atoms with E-state index in [4.69, 9.17) is 5.11 Å². The van der Waals surface area contributed by atoms with Gasteiger partial charge in [-0.1, -0.05) is 96.8 Å². The number of hydrogen-bond acceptors (Lipinski definition) is 8. The van der Waals surface area contributed by atoms with Crippen molar-refractivity contribution >= 4 is 22.3 Å². The van der Waals surface area contributed by atoms with Crippen molar-refractivity contribution in [1.29, 1.82) is 0 Å². The van der Waals surface area contributed by atoms with Crippen LogP contribution >= 0.6 is 0 Å². The minimum absolute atomic E-state index is 0. The first kappa shape index (κ1) is 37.0. The molecule has 202 valence electrons. The van der Waals surface area contributed by atoms with Gasteiger partial charge in [0.25, 0.3) is 10.4 Å². The third-order valence-electron chi connectivity index (χ3n) is 5.47. The van der Waals surface area contributed by atoms with Crippen LogP contribution in [0.25, 0.3) is 0 Å². The third kappa shape index (κ3) is 24.6. The molecular weight excluding hydrogens is 495 g/mol. The second-order valence-electron chi connectivity index (χ2n) is 8.60. The summed E-state index contributed by atoms with van der Waals surface area (Å²) in [6.07, 6.45) is 18.3. The van der Waals surface area contributed by atoms with E-state index < -0.39 is 22.3 Å².